The summed E-state index contributed by atoms with van der Waals surface area (Å²) in [6, 6.07) is 11.4. The van der Waals surface area contributed by atoms with Gasteiger partial charge >= 0.3 is 5.97 Å². The number of para-hydroxylation sites is 1. The highest BCUT2D eigenvalue weighted by Gasteiger charge is 2.22. The fourth-order valence-electron chi connectivity index (χ4n) is 4.06. The molecule has 0 atom stereocenters. The van der Waals surface area contributed by atoms with Crippen molar-refractivity contribution in [3.63, 3.8) is 0 Å². The lowest BCUT2D eigenvalue weighted by atomic mass is 10.1. The van der Waals surface area contributed by atoms with Crippen molar-refractivity contribution >= 4 is 34.2 Å². The first kappa shape index (κ1) is 24.7. The molecule has 0 saturated heterocycles. The molecule has 1 N–H and O–H groups in total. The Morgan fingerprint density at radius 2 is 1.92 bits per heavy atom. The predicted octanol–water partition coefficient (Wildman–Crippen LogP) is 3.72. The highest BCUT2D eigenvalue weighted by molar-refractivity contribution is 6.09. The van der Waals surface area contributed by atoms with E-state index in [2.05, 4.69) is 20.5 Å². The average Bonchev–Trinajstić information content (AvgIpc) is 3.48. The third-order valence-electron chi connectivity index (χ3n) is 5.85. The van der Waals surface area contributed by atoms with Crippen LogP contribution in [0.3, 0.4) is 0 Å². The van der Waals surface area contributed by atoms with E-state index in [4.69, 9.17) is 14.2 Å². The van der Waals surface area contributed by atoms with Crippen LogP contribution >= 0.6 is 0 Å². The Bertz CT molecular complexity index is 1680. The monoisotopic (exact) mass is 518 g/mol. The number of anilines is 1. The van der Waals surface area contributed by atoms with Gasteiger partial charge in [-0.05, 0) is 24.3 Å². The van der Waals surface area contributed by atoms with E-state index in [-0.39, 0.29) is 41.3 Å². The lowest BCUT2D eigenvalue weighted by Crippen LogP contribution is -2.14. The van der Waals surface area contributed by atoms with E-state index in [0.29, 0.717) is 22.6 Å². The smallest absolute Gasteiger partial charge is 0.302 e. The Balaban J connectivity index is 1.60. The van der Waals surface area contributed by atoms with Crippen LogP contribution in [0, 0.1) is 5.82 Å². The number of halogens is 1. The van der Waals surface area contributed by atoms with Gasteiger partial charge in [-0.1, -0.05) is 12.1 Å². The SMILES string of the molecule is COc1ccn2ncc(-c3nc4c(cc3F)c(NC(=O)c3ccccc3OC)nn4CCOC(C)=O)c2c1. The number of pyridine rings is 2. The van der Waals surface area contributed by atoms with Gasteiger partial charge in [-0.15, -0.1) is 0 Å². The second-order valence-electron chi connectivity index (χ2n) is 8.21. The molecule has 0 radical (unpaired) electrons. The van der Waals surface area contributed by atoms with Gasteiger partial charge in [-0.3, -0.25) is 9.59 Å². The number of nitrogens with one attached hydrogen (secondary N) is 1. The van der Waals surface area contributed by atoms with Crippen molar-refractivity contribution in [3.05, 3.63) is 66.2 Å². The molecule has 38 heavy (non-hydrogen) atoms. The number of aromatic nitrogens is 5. The van der Waals surface area contributed by atoms with Crippen molar-refractivity contribution in [1.82, 2.24) is 24.4 Å². The second kappa shape index (κ2) is 10.2. The van der Waals surface area contributed by atoms with Crippen LogP contribution < -0.4 is 14.8 Å². The van der Waals surface area contributed by atoms with Crippen molar-refractivity contribution < 1.29 is 28.2 Å². The van der Waals surface area contributed by atoms with Crippen LogP contribution in [0.25, 0.3) is 27.8 Å². The van der Waals surface area contributed by atoms with Crippen molar-refractivity contribution in [1.29, 1.82) is 0 Å². The Morgan fingerprint density at radius 3 is 2.68 bits per heavy atom. The van der Waals surface area contributed by atoms with Gasteiger partial charge in [-0.2, -0.15) is 10.2 Å². The molecular weight excluding hydrogens is 495 g/mol. The molecule has 0 aliphatic carbocycles. The molecule has 0 aliphatic heterocycles. The topological polar surface area (TPSA) is 122 Å². The van der Waals surface area contributed by atoms with E-state index in [1.807, 2.05) is 0 Å². The number of carbonyl (C=O) groups is 2. The van der Waals surface area contributed by atoms with Gasteiger partial charge in [0.25, 0.3) is 5.91 Å². The van der Waals surface area contributed by atoms with E-state index < -0.39 is 17.7 Å². The number of carbonyl (C=O) groups excluding carboxylic acids is 2. The number of fused-ring (bicyclic) bond motifs is 2. The first-order chi connectivity index (χ1) is 18.4. The van der Waals surface area contributed by atoms with E-state index in [1.165, 1.54) is 38.1 Å². The van der Waals surface area contributed by atoms with Gasteiger partial charge in [0, 0.05) is 24.8 Å². The Kier molecular flexibility index (Phi) is 6.60. The Labute approximate surface area is 215 Å². The number of benzene rings is 1. The van der Waals surface area contributed by atoms with Crippen LogP contribution in [-0.4, -0.2) is 57.1 Å². The molecule has 0 bridgehead atoms. The number of nitrogens with zero attached hydrogens (tertiary/aromatic N) is 5. The molecule has 0 spiro atoms. The molecule has 1 aromatic carbocycles. The first-order valence-corrected chi connectivity index (χ1v) is 11.6. The van der Waals surface area contributed by atoms with Crippen LogP contribution in [0.4, 0.5) is 10.2 Å². The van der Waals surface area contributed by atoms with Crippen LogP contribution in [-0.2, 0) is 16.1 Å². The summed E-state index contributed by atoms with van der Waals surface area (Å²) in [7, 11) is 3.00. The minimum atomic E-state index is -0.637. The maximum atomic E-state index is 15.5. The van der Waals surface area contributed by atoms with Gasteiger partial charge in [0.1, 0.15) is 23.8 Å². The molecule has 4 aromatic heterocycles. The fraction of sp³-hybridized carbons (Fsp3) is 0.192. The maximum absolute atomic E-state index is 15.5. The summed E-state index contributed by atoms with van der Waals surface area (Å²) in [5.74, 6) is -0.535. The summed E-state index contributed by atoms with van der Waals surface area (Å²) in [5.41, 5.74) is 1.63. The fourth-order valence-corrected chi connectivity index (χ4v) is 4.06. The lowest BCUT2D eigenvalue weighted by molar-refractivity contribution is -0.141. The zero-order valence-electron chi connectivity index (χ0n) is 20.8. The molecule has 4 heterocycles. The van der Waals surface area contributed by atoms with Gasteiger partial charge in [0.2, 0.25) is 0 Å². The molecule has 0 saturated carbocycles. The number of hydrogen-bond donors (Lipinski definition) is 1. The summed E-state index contributed by atoms with van der Waals surface area (Å²) < 4.78 is 34.2. The third kappa shape index (κ3) is 4.59. The van der Waals surface area contributed by atoms with Crippen LogP contribution in [0.2, 0.25) is 0 Å². The lowest BCUT2D eigenvalue weighted by Gasteiger charge is -2.08. The molecule has 5 aromatic rings. The van der Waals surface area contributed by atoms with Crippen molar-refractivity contribution in [2.75, 3.05) is 26.1 Å². The summed E-state index contributed by atoms with van der Waals surface area (Å²) in [6.45, 7) is 1.43. The summed E-state index contributed by atoms with van der Waals surface area (Å²) >= 11 is 0. The van der Waals surface area contributed by atoms with Crippen LogP contribution in [0.15, 0.2) is 54.9 Å². The van der Waals surface area contributed by atoms with E-state index in [0.717, 1.165) is 0 Å². The Morgan fingerprint density at radius 1 is 1.11 bits per heavy atom. The van der Waals surface area contributed by atoms with E-state index in [9.17, 15) is 9.59 Å². The zero-order valence-corrected chi connectivity index (χ0v) is 20.8. The first-order valence-electron chi connectivity index (χ1n) is 11.6. The normalized spacial score (nSPS) is 11.1. The van der Waals surface area contributed by atoms with E-state index in [1.54, 1.807) is 47.1 Å². The highest BCUT2D eigenvalue weighted by atomic mass is 19.1. The molecular formula is C26H23FN6O5. The van der Waals surface area contributed by atoms with Crippen molar-refractivity contribution in [3.8, 4) is 22.8 Å². The molecule has 12 heteroatoms. The molecule has 5 rings (SSSR count). The average molecular weight is 519 g/mol. The second-order valence-corrected chi connectivity index (χ2v) is 8.21. The third-order valence-corrected chi connectivity index (χ3v) is 5.85. The molecule has 194 valence electrons. The zero-order chi connectivity index (χ0) is 26.8. The Hall–Kier alpha value is -5.00. The van der Waals surface area contributed by atoms with Crippen molar-refractivity contribution in [2.45, 2.75) is 13.5 Å². The number of ether oxygens (including phenoxy) is 3. The molecule has 0 aliphatic rings. The molecule has 11 nitrogen and oxygen atoms in total. The number of rotatable bonds is 8. The van der Waals surface area contributed by atoms with Crippen molar-refractivity contribution in [2.24, 2.45) is 0 Å². The molecule has 1 amide bonds. The summed E-state index contributed by atoms with van der Waals surface area (Å²) in [4.78, 5) is 28.9. The number of hydrogen-bond acceptors (Lipinski definition) is 8. The number of methoxy groups -OCH3 is 2. The van der Waals surface area contributed by atoms with Crippen LogP contribution in [0.5, 0.6) is 11.5 Å². The maximum Gasteiger partial charge on any atom is 0.302 e. The minimum absolute atomic E-state index is 0.00825. The molecule has 0 fully saturated rings. The number of esters is 1. The summed E-state index contributed by atoms with van der Waals surface area (Å²) in [6.07, 6.45) is 3.21. The van der Waals surface area contributed by atoms with Gasteiger partial charge in [-0.25, -0.2) is 18.6 Å². The summed E-state index contributed by atoms with van der Waals surface area (Å²) in [5, 5.41) is 11.7. The van der Waals surface area contributed by atoms with Gasteiger partial charge in [0.05, 0.1) is 43.4 Å². The molecule has 0 unspecified atom stereocenters. The standard InChI is InChI=1S/C26H23FN6O5/c1-15(34)38-11-10-33-25-18(24(31-33)30-26(35)17-6-4-5-7-22(17)37-3)13-20(27)23(29-25)19-14-28-32-9-8-16(36-2)12-21(19)32/h4-9,12-14H,10-11H2,1-3H3,(H,30,31,35). The van der Waals surface area contributed by atoms with Crippen LogP contribution in [0.1, 0.15) is 17.3 Å². The van der Waals surface area contributed by atoms with Gasteiger partial charge < -0.3 is 19.5 Å². The van der Waals surface area contributed by atoms with E-state index >= 15 is 4.39 Å². The quantitative estimate of drug-likeness (QED) is 0.309. The predicted molar refractivity (Wildman–Crippen MR) is 136 cm³/mol. The van der Waals surface area contributed by atoms with Gasteiger partial charge in [0.15, 0.2) is 17.3 Å². The minimum Gasteiger partial charge on any atom is -0.497 e. The number of amides is 1. The highest BCUT2D eigenvalue weighted by Crippen LogP contribution is 2.32. The largest absolute Gasteiger partial charge is 0.497 e.